The largest absolute Gasteiger partial charge is 0.0622 e. The van der Waals surface area contributed by atoms with Gasteiger partial charge in [0.25, 0.3) is 0 Å². The molecule has 0 bridgehead atoms. The smallest absolute Gasteiger partial charge is 0.00987 e. The van der Waals surface area contributed by atoms with Gasteiger partial charge in [-0.25, -0.2) is 0 Å². The van der Waals surface area contributed by atoms with Crippen molar-refractivity contribution in [2.24, 2.45) is 0 Å². The summed E-state index contributed by atoms with van der Waals surface area (Å²) in [7, 11) is 0. The van der Waals surface area contributed by atoms with Gasteiger partial charge < -0.3 is 0 Å². The zero-order chi connectivity index (χ0) is 92.9. The third-order valence-corrected chi connectivity index (χ3v) is 24.9. The van der Waals surface area contributed by atoms with E-state index in [9.17, 15) is 0 Å². The summed E-state index contributed by atoms with van der Waals surface area (Å²) in [5.41, 5.74) is 39.8. The van der Waals surface area contributed by atoms with E-state index in [1.54, 1.807) is 0 Å². The highest BCUT2D eigenvalue weighted by Gasteiger charge is 2.20. The molecule has 0 radical (unpaired) electrons. The molecule has 0 fully saturated rings. The van der Waals surface area contributed by atoms with Crippen molar-refractivity contribution in [2.75, 3.05) is 0 Å². The zero-order valence-electron chi connectivity index (χ0n) is 76.9. The third kappa shape index (κ3) is 23.2. The van der Waals surface area contributed by atoms with Crippen LogP contribution in [0.2, 0.25) is 0 Å². The summed E-state index contributed by atoms with van der Waals surface area (Å²) in [6, 6.07) is 182. The molecule has 0 spiro atoms. The lowest BCUT2D eigenvalue weighted by Gasteiger charge is -2.20. The Balaban J connectivity index is 0.843. The predicted octanol–water partition coefficient (Wildman–Crippen LogP) is 36.2. The summed E-state index contributed by atoms with van der Waals surface area (Å²) in [5.74, 6) is 0. The van der Waals surface area contributed by atoms with Crippen LogP contribution in [0.1, 0.15) is 167 Å². The maximum atomic E-state index is 2.36. The summed E-state index contributed by atoms with van der Waals surface area (Å²) >= 11 is 0. The highest BCUT2D eigenvalue weighted by molar-refractivity contribution is 6.02. The minimum Gasteiger partial charge on any atom is -0.0622 e. The maximum Gasteiger partial charge on any atom is -0.00987 e. The quantitative estimate of drug-likeness (QED) is 0.0394. The SMILES string of the molecule is C(=Cc1c(C=Cc2ccc(C=C(c3ccccc3)c3ccccc3)cc2)c(C=Cc2ccc(C=C(c3ccccc3)c3ccccc3)cc2)c(/C=C/c2ccc(C=C(c3ccccc3)c3ccccc3)cc2)c(/C=C/c2ccc(C=C(c3ccccc3)c3ccccc3)cc2)c1C=Cc1ccc(C=C(c2ccccc2)c2ccccc2)cc1)c1ccc(C=C(c2ccccc2)c2ccccc2)cc1. The van der Waals surface area contributed by atoms with Crippen LogP contribution in [0.25, 0.3) is 143 Å². The van der Waals surface area contributed by atoms with E-state index in [0.29, 0.717) is 0 Å². The van der Waals surface area contributed by atoms with E-state index in [1.165, 1.54) is 0 Å². The Morgan fingerprint density at radius 2 is 0.174 bits per heavy atom. The molecule has 0 aromatic heterocycles. The Labute approximate surface area is 813 Å². The molecule has 0 atom stereocenters. The first-order valence-corrected chi connectivity index (χ1v) is 47.3. The maximum absolute atomic E-state index is 2.36. The minimum atomic E-state index is 1.02. The molecule has 0 saturated carbocycles. The molecule has 0 aliphatic carbocycles. The number of rotatable bonds is 30. The molecule has 0 unspecified atom stereocenters. The summed E-state index contributed by atoms with van der Waals surface area (Å²) in [5, 5.41) is 0. The van der Waals surface area contributed by atoms with E-state index < -0.39 is 0 Å². The Kier molecular flexibility index (Phi) is 29.1. The molecule has 0 aliphatic rings. The predicted molar refractivity (Wildman–Crippen MR) is 598 cm³/mol. The van der Waals surface area contributed by atoms with Gasteiger partial charge in [-0.2, -0.15) is 0 Å². The molecular weight excluding hydrogens is 1660 g/mol. The fourth-order valence-electron chi connectivity index (χ4n) is 17.7. The Bertz CT molecular complexity index is 6190. The molecule has 0 N–H and O–H groups in total. The standard InChI is InChI=1S/C138H102/c1-13-37-115(38-14-1)133(116-39-15-2-16-40-116)97-109-73-61-103(62-74-109)85-91-127-128(92-86-104-63-75-110(76-64-104)98-134(117-41-17-3-18-42-117)118-43-19-4-20-44-118)130(94-88-106-67-79-112(80-68-106)100-136(121-49-25-7-26-50-121)122-51-27-8-28-52-122)132(96-90-108-71-83-114(84-72-108)102-138(125-57-33-11-34-58-125)126-59-35-12-36-60-126)131(95-89-107-69-81-113(82-70-107)101-137(123-53-29-9-30-54-123)124-55-31-10-32-56-124)129(127)93-87-105-65-77-111(78-66-105)99-135(119-45-21-5-22-46-119)120-47-23-6-24-48-120/h1-102H/b91-85+,92-86+,93-87?,94-88?,95-89?,96-90?. The second-order valence-corrected chi connectivity index (χ2v) is 34.2. The Morgan fingerprint density at radius 3 is 0.268 bits per heavy atom. The van der Waals surface area contributed by atoms with Crippen molar-refractivity contribution in [3.05, 3.63) is 676 Å². The second kappa shape index (κ2) is 45.0. The fourth-order valence-corrected chi connectivity index (χ4v) is 17.7. The molecule has 138 heavy (non-hydrogen) atoms. The van der Waals surface area contributed by atoms with Gasteiger partial charge in [-0.15, -0.1) is 0 Å². The monoisotopic (exact) mass is 1760 g/mol. The van der Waals surface area contributed by atoms with Crippen LogP contribution in [0.4, 0.5) is 0 Å². The van der Waals surface area contributed by atoms with Crippen LogP contribution in [0.3, 0.4) is 0 Å². The van der Waals surface area contributed by atoms with Gasteiger partial charge in [0.1, 0.15) is 0 Å². The van der Waals surface area contributed by atoms with Crippen molar-refractivity contribution in [2.45, 2.75) is 0 Å². The van der Waals surface area contributed by atoms with E-state index in [2.05, 4.69) is 619 Å². The summed E-state index contributed by atoms with van der Waals surface area (Å²) in [6.45, 7) is 0. The van der Waals surface area contributed by atoms with Gasteiger partial charge in [-0.3, -0.25) is 0 Å². The third-order valence-electron chi connectivity index (χ3n) is 24.9. The lowest BCUT2D eigenvalue weighted by atomic mass is 9.83. The van der Waals surface area contributed by atoms with E-state index in [4.69, 9.17) is 0 Å². The van der Waals surface area contributed by atoms with Gasteiger partial charge >= 0.3 is 0 Å². The molecular formula is C138H102. The van der Waals surface area contributed by atoms with Crippen molar-refractivity contribution in [3.63, 3.8) is 0 Å². The molecule has 0 saturated heterocycles. The molecule has 654 valence electrons. The molecule has 19 aromatic carbocycles. The van der Waals surface area contributed by atoms with E-state index >= 15 is 0 Å². The van der Waals surface area contributed by atoms with Crippen molar-refractivity contribution in [1.29, 1.82) is 0 Å². The molecule has 0 nitrogen and oxygen atoms in total. The van der Waals surface area contributed by atoms with Crippen molar-refractivity contribution in [1.82, 2.24) is 0 Å². The molecule has 0 heteroatoms. The van der Waals surface area contributed by atoms with Crippen molar-refractivity contribution < 1.29 is 0 Å². The first kappa shape index (κ1) is 89.3. The average molecular weight is 1760 g/mol. The van der Waals surface area contributed by atoms with Crippen LogP contribution < -0.4 is 0 Å². The molecule has 0 aliphatic heterocycles. The molecule has 19 rings (SSSR count). The lowest BCUT2D eigenvalue weighted by molar-refractivity contribution is 1.48. The fraction of sp³-hybridized carbons (Fsp3) is 0. The highest BCUT2D eigenvalue weighted by atomic mass is 14.2. The van der Waals surface area contributed by atoms with Gasteiger partial charge in [0.05, 0.1) is 0 Å². The van der Waals surface area contributed by atoms with Crippen LogP contribution in [0, 0.1) is 0 Å². The van der Waals surface area contributed by atoms with Crippen LogP contribution >= 0.6 is 0 Å². The van der Waals surface area contributed by atoms with E-state index in [-0.39, 0.29) is 0 Å². The second-order valence-electron chi connectivity index (χ2n) is 34.2. The van der Waals surface area contributed by atoms with E-state index in [1.807, 2.05) is 0 Å². The first-order chi connectivity index (χ1) is 68.4. The van der Waals surface area contributed by atoms with Gasteiger partial charge in [-0.05, 0) is 237 Å². The van der Waals surface area contributed by atoms with Crippen molar-refractivity contribution >= 4 is 143 Å². The molecule has 19 aromatic rings. The van der Waals surface area contributed by atoms with Gasteiger partial charge in [-0.1, -0.05) is 582 Å². The number of benzene rings is 19. The molecule has 0 amide bonds. The minimum absolute atomic E-state index is 1.02. The average Bonchev–Trinajstić information content (AvgIpc) is 0.757. The van der Waals surface area contributed by atoms with Gasteiger partial charge in [0, 0.05) is 0 Å². The zero-order valence-corrected chi connectivity index (χ0v) is 76.9. The summed E-state index contributed by atoms with van der Waals surface area (Å²) in [6.07, 6.45) is 41.8. The number of hydrogen-bond donors (Lipinski definition) is 0. The summed E-state index contributed by atoms with van der Waals surface area (Å²) in [4.78, 5) is 0. The van der Waals surface area contributed by atoms with E-state index in [0.717, 1.165) is 200 Å². The van der Waals surface area contributed by atoms with Gasteiger partial charge in [0.15, 0.2) is 0 Å². The first-order valence-electron chi connectivity index (χ1n) is 47.3. The van der Waals surface area contributed by atoms with Gasteiger partial charge in [0.2, 0.25) is 0 Å². The Hall–Kier alpha value is -17.9. The van der Waals surface area contributed by atoms with Crippen LogP contribution in [-0.2, 0) is 0 Å². The van der Waals surface area contributed by atoms with Crippen LogP contribution in [-0.4, -0.2) is 0 Å². The normalized spacial score (nSPS) is 11.3. The highest BCUT2D eigenvalue weighted by Crippen LogP contribution is 2.41. The Morgan fingerprint density at radius 1 is 0.0870 bits per heavy atom. The van der Waals surface area contributed by atoms with Crippen LogP contribution in [0.5, 0.6) is 0 Å². The van der Waals surface area contributed by atoms with Crippen LogP contribution in [0.15, 0.2) is 510 Å². The van der Waals surface area contributed by atoms with Crippen molar-refractivity contribution in [3.8, 4) is 0 Å². The lowest BCUT2D eigenvalue weighted by Crippen LogP contribution is -2.01. The summed E-state index contributed by atoms with van der Waals surface area (Å²) < 4.78 is 0. The topological polar surface area (TPSA) is 0 Å². The molecule has 0 heterocycles. The number of hydrogen-bond acceptors (Lipinski definition) is 0.